The van der Waals surface area contributed by atoms with Gasteiger partial charge in [-0.2, -0.15) is 0 Å². The van der Waals surface area contributed by atoms with Crippen LogP contribution >= 0.6 is 0 Å². The van der Waals surface area contributed by atoms with Gasteiger partial charge in [0, 0.05) is 0 Å². The molecule has 0 rings (SSSR count). The summed E-state index contributed by atoms with van der Waals surface area (Å²) in [4.78, 5) is 12.6. The normalized spacial score (nSPS) is 14.1. The molecule has 0 aromatic rings. The van der Waals surface area contributed by atoms with Gasteiger partial charge in [-0.3, -0.25) is 4.79 Å². The van der Waals surface area contributed by atoms with Crippen LogP contribution in [0.3, 0.4) is 0 Å². The lowest BCUT2D eigenvalue weighted by molar-refractivity contribution is -0.132. The minimum absolute atomic E-state index is 0.364. The topological polar surface area (TPSA) is 110 Å². The largest absolute Gasteiger partial charge is 0.394 e. The second-order valence-electron chi connectivity index (χ2n) is 18.2. The van der Waals surface area contributed by atoms with E-state index in [2.05, 4.69) is 43.5 Å². The first-order valence-corrected chi connectivity index (χ1v) is 26.2. The Kier molecular flexibility index (Phi) is 46.9. The van der Waals surface area contributed by atoms with Gasteiger partial charge in [-0.05, 0) is 51.4 Å². The number of amides is 1. The third kappa shape index (κ3) is 41.9. The number of hydrogen-bond acceptors (Lipinski definition) is 5. The fraction of sp³-hybridized carbons (Fsp3) is 0.906. The van der Waals surface area contributed by atoms with E-state index in [0.717, 1.165) is 38.5 Å². The van der Waals surface area contributed by atoms with E-state index in [4.69, 9.17) is 0 Å². The quantitative estimate of drug-likeness (QED) is 0.0310. The van der Waals surface area contributed by atoms with Crippen molar-refractivity contribution in [2.45, 2.75) is 301 Å². The summed E-state index contributed by atoms with van der Waals surface area (Å²) in [6.45, 7) is 4.05. The third-order valence-corrected chi connectivity index (χ3v) is 12.4. The molecule has 0 saturated carbocycles. The van der Waals surface area contributed by atoms with Crippen LogP contribution < -0.4 is 5.32 Å². The Bertz CT molecular complexity index is 893. The molecular formula is C53H103NO5. The van der Waals surface area contributed by atoms with E-state index >= 15 is 0 Å². The number of nitrogens with one attached hydrogen (secondary N) is 1. The molecule has 0 spiro atoms. The lowest BCUT2D eigenvalue weighted by Gasteiger charge is -2.27. The molecule has 6 nitrogen and oxygen atoms in total. The van der Waals surface area contributed by atoms with Crippen molar-refractivity contribution in [2.75, 3.05) is 6.61 Å². The molecule has 4 atom stereocenters. The molecule has 0 aliphatic heterocycles. The molecule has 0 aliphatic rings. The van der Waals surface area contributed by atoms with Crippen molar-refractivity contribution in [3.05, 3.63) is 24.3 Å². The summed E-state index contributed by atoms with van der Waals surface area (Å²) >= 11 is 0. The molecule has 0 bridgehead atoms. The van der Waals surface area contributed by atoms with Crippen LogP contribution in [0.1, 0.15) is 277 Å². The van der Waals surface area contributed by atoms with Gasteiger partial charge < -0.3 is 25.7 Å². The maximum atomic E-state index is 12.6. The molecule has 0 saturated heterocycles. The van der Waals surface area contributed by atoms with Gasteiger partial charge in [0.1, 0.15) is 12.2 Å². The van der Waals surface area contributed by atoms with Gasteiger partial charge in [-0.25, -0.2) is 0 Å². The van der Waals surface area contributed by atoms with Crippen LogP contribution in [0.4, 0.5) is 0 Å². The summed E-state index contributed by atoms with van der Waals surface area (Å²) in [6, 6.07) is -1.01. The predicted octanol–water partition coefficient (Wildman–Crippen LogP) is 14.7. The van der Waals surface area contributed by atoms with Crippen molar-refractivity contribution in [2.24, 2.45) is 0 Å². The minimum Gasteiger partial charge on any atom is -0.394 e. The molecule has 0 aromatic carbocycles. The molecule has 4 unspecified atom stereocenters. The van der Waals surface area contributed by atoms with E-state index in [1.807, 2.05) is 0 Å². The number of rotatable bonds is 48. The highest BCUT2D eigenvalue weighted by Gasteiger charge is 2.28. The van der Waals surface area contributed by atoms with E-state index in [-0.39, 0.29) is 0 Å². The third-order valence-electron chi connectivity index (χ3n) is 12.4. The maximum Gasteiger partial charge on any atom is 0.249 e. The van der Waals surface area contributed by atoms with Gasteiger partial charge in [0.05, 0.1) is 18.8 Å². The first kappa shape index (κ1) is 57.8. The highest BCUT2D eigenvalue weighted by molar-refractivity contribution is 5.80. The van der Waals surface area contributed by atoms with Crippen LogP contribution in [0.2, 0.25) is 0 Å². The summed E-state index contributed by atoms with van der Waals surface area (Å²) < 4.78 is 0. The zero-order chi connectivity index (χ0) is 43.1. The fourth-order valence-corrected chi connectivity index (χ4v) is 8.25. The van der Waals surface area contributed by atoms with Crippen LogP contribution in [0.15, 0.2) is 24.3 Å². The highest BCUT2D eigenvalue weighted by Crippen LogP contribution is 2.17. The molecule has 0 heterocycles. The highest BCUT2D eigenvalue weighted by atomic mass is 16.3. The van der Waals surface area contributed by atoms with E-state index in [9.17, 15) is 25.2 Å². The van der Waals surface area contributed by atoms with Crippen LogP contribution in [0.25, 0.3) is 0 Å². The second kappa shape index (κ2) is 47.8. The number of hydrogen-bond donors (Lipinski definition) is 5. The van der Waals surface area contributed by atoms with Gasteiger partial charge in [0.15, 0.2) is 0 Å². The zero-order valence-corrected chi connectivity index (χ0v) is 39.5. The number of unbranched alkanes of at least 4 members (excludes halogenated alkanes) is 35. The Morgan fingerprint density at radius 2 is 0.712 bits per heavy atom. The lowest BCUT2D eigenvalue weighted by atomic mass is 10.00. The number of carbonyl (C=O) groups excluding carboxylic acids is 1. The van der Waals surface area contributed by atoms with E-state index in [0.29, 0.717) is 19.3 Å². The standard InChI is InChI=1S/C53H103NO5/c1-3-5-7-9-11-13-15-17-19-21-22-23-24-25-26-27-28-29-30-31-33-35-37-39-41-43-45-47-51(57)53(59)54-49(48-55)52(58)50(56)46-44-42-40-38-36-34-32-20-18-16-14-12-10-8-6-4-2/h20,32,38,40,49-52,55-58H,3-19,21-31,33-37,39,41-48H2,1-2H3,(H,54,59)/b32-20+,40-38+. The van der Waals surface area contributed by atoms with Crippen LogP contribution in [-0.4, -0.2) is 57.3 Å². The first-order chi connectivity index (χ1) is 29.0. The number of aliphatic hydroxyl groups is 4. The van der Waals surface area contributed by atoms with E-state index in [1.165, 1.54) is 205 Å². The summed E-state index contributed by atoms with van der Waals surface area (Å²) in [5.74, 6) is -0.593. The Morgan fingerprint density at radius 1 is 0.407 bits per heavy atom. The number of carbonyl (C=O) groups is 1. The SMILES string of the molecule is CCCCCCCCC/C=C/CC/C=C/CCCC(O)C(O)C(CO)NC(=O)C(O)CCCCCCCCCCCCCCCCCCCCCCCCCCCCC. The van der Waals surface area contributed by atoms with Crippen molar-refractivity contribution in [3.8, 4) is 0 Å². The van der Waals surface area contributed by atoms with Crippen LogP contribution in [0, 0.1) is 0 Å². The van der Waals surface area contributed by atoms with Gasteiger partial charge >= 0.3 is 0 Å². The van der Waals surface area contributed by atoms with Crippen molar-refractivity contribution in [1.29, 1.82) is 0 Å². The molecule has 5 N–H and O–H groups in total. The second-order valence-corrected chi connectivity index (χ2v) is 18.2. The van der Waals surface area contributed by atoms with Crippen LogP contribution in [-0.2, 0) is 4.79 Å². The summed E-state index contributed by atoms with van der Waals surface area (Å²) in [5.41, 5.74) is 0. The summed E-state index contributed by atoms with van der Waals surface area (Å²) in [6.07, 6.45) is 56.7. The molecule has 0 aromatic heterocycles. The van der Waals surface area contributed by atoms with Gasteiger partial charge in [0.25, 0.3) is 0 Å². The van der Waals surface area contributed by atoms with Gasteiger partial charge in [-0.1, -0.05) is 250 Å². The average molecular weight is 834 g/mol. The predicted molar refractivity (Wildman–Crippen MR) is 256 cm³/mol. The molecule has 0 fully saturated rings. The van der Waals surface area contributed by atoms with Crippen molar-refractivity contribution < 1.29 is 25.2 Å². The van der Waals surface area contributed by atoms with Crippen molar-refractivity contribution in [1.82, 2.24) is 5.32 Å². The Hall–Kier alpha value is -1.21. The van der Waals surface area contributed by atoms with Crippen LogP contribution in [0.5, 0.6) is 0 Å². The molecule has 59 heavy (non-hydrogen) atoms. The first-order valence-electron chi connectivity index (χ1n) is 26.2. The molecule has 6 heteroatoms. The Labute approximate surface area is 367 Å². The smallest absolute Gasteiger partial charge is 0.249 e. The average Bonchev–Trinajstić information content (AvgIpc) is 3.24. The molecular weight excluding hydrogens is 731 g/mol. The van der Waals surface area contributed by atoms with Crippen molar-refractivity contribution >= 4 is 5.91 Å². The zero-order valence-electron chi connectivity index (χ0n) is 39.5. The molecule has 0 radical (unpaired) electrons. The molecule has 350 valence electrons. The Balaban J connectivity index is 3.64. The number of aliphatic hydroxyl groups excluding tert-OH is 4. The summed E-state index contributed by atoms with van der Waals surface area (Å²) in [7, 11) is 0. The van der Waals surface area contributed by atoms with E-state index < -0.39 is 36.9 Å². The van der Waals surface area contributed by atoms with Crippen molar-refractivity contribution in [3.63, 3.8) is 0 Å². The lowest BCUT2D eigenvalue weighted by Crippen LogP contribution is -2.53. The monoisotopic (exact) mass is 834 g/mol. The maximum absolute atomic E-state index is 12.6. The molecule has 1 amide bonds. The molecule has 0 aliphatic carbocycles. The van der Waals surface area contributed by atoms with Gasteiger partial charge in [-0.15, -0.1) is 0 Å². The minimum atomic E-state index is -1.29. The van der Waals surface area contributed by atoms with E-state index in [1.54, 1.807) is 0 Å². The Morgan fingerprint density at radius 3 is 1.07 bits per heavy atom. The van der Waals surface area contributed by atoms with Gasteiger partial charge in [0.2, 0.25) is 5.91 Å². The summed E-state index contributed by atoms with van der Waals surface area (Å²) in [5, 5.41) is 43.8. The number of allylic oxidation sites excluding steroid dienone is 4. The fourth-order valence-electron chi connectivity index (χ4n) is 8.25.